The first kappa shape index (κ1) is 16.5. The highest BCUT2D eigenvalue weighted by atomic mass is 16.5. The van der Waals surface area contributed by atoms with Crippen molar-refractivity contribution >= 4 is 0 Å². The number of aliphatic hydroxyl groups excluding tert-OH is 1. The number of ether oxygens (including phenoxy) is 1. The van der Waals surface area contributed by atoms with Crippen LogP contribution in [-0.2, 0) is 4.74 Å². The molecule has 1 aromatic heterocycles. The van der Waals surface area contributed by atoms with Gasteiger partial charge in [-0.1, -0.05) is 31.6 Å². The van der Waals surface area contributed by atoms with Gasteiger partial charge >= 0.3 is 5.69 Å². The lowest BCUT2D eigenvalue weighted by Gasteiger charge is -2.13. The van der Waals surface area contributed by atoms with E-state index in [9.17, 15) is 14.7 Å². The summed E-state index contributed by atoms with van der Waals surface area (Å²) < 4.78 is 6.53. The van der Waals surface area contributed by atoms with E-state index in [4.69, 9.17) is 11.7 Å². The van der Waals surface area contributed by atoms with Crippen molar-refractivity contribution in [3.63, 3.8) is 0 Å². The lowest BCUT2D eigenvalue weighted by Crippen LogP contribution is -2.33. The van der Waals surface area contributed by atoms with Crippen LogP contribution in [0.1, 0.15) is 50.8 Å². The van der Waals surface area contributed by atoms with E-state index in [1.807, 2.05) is 0 Å². The van der Waals surface area contributed by atoms with Gasteiger partial charge in [-0.05, 0) is 13.3 Å². The van der Waals surface area contributed by atoms with E-state index < -0.39 is 29.7 Å². The largest absolute Gasteiger partial charge is 0.390 e. The number of nitrogens with one attached hydrogen (secondary N) is 1. The fourth-order valence-corrected chi connectivity index (χ4v) is 2.26. The fourth-order valence-electron chi connectivity index (χ4n) is 2.26. The third-order valence-corrected chi connectivity index (χ3v) is 3.54. The molecule has 1 aromatic rings. The lowest BCUT2D eigenvalue weighted by molar-refractivity contribution is 0.00330. The number of aliphatic hydroxyl groups is 1. The molecule has 0 aromatic carbocycles. The molecule has 0 aliphatic carbocycles. The Balaban J connectivity index is 2.20. The summed E-state index contributed by atoms with van der Waals surface area (Å²) in [4.78, 5) is 25.8. The number of unbranched alkanes of at least 4 members (excludes halogenated alkanes) is 3. The monoisotopic (exact) mass is 304 g/mol. The Morgan fingerprint density at radius 2 is 2.27 bits per heavy atom. The quantitative estimate of drug-likeness (QED) is 0.637. The van der Waals surface area contributed by atoms with Crippen molar-refractivity contribution in [1.29, 1.82) is 0 Å². The van der Waals surface area contributed by atoms with Crippen LogP contribution >= 0.6 is 0 Å². The Bertz CT molecular complexity index is 670. The summed E-state index contributed by atoms with van der Waals surface area (Å²) in [6.45, 7) is 7.67. The second kappa shape index (κ2) is 7.43. The predicted molar refractivity (Wildman–Crippen MR) is 81.2 cm³/mol. The molecule has 1 fully saturated rings. The molecular weight excluding hydrogens is 284 g/mol. The molecular formula is C16H20N2O4. The molecule has 2 rings (SSSR count). The van der Waals surface area contributed by atoms with E-state index in [0.29, 0.717) is 6.42 Å². The van der Waals surface area contributed by atoms with Crippen molar-refractivity contribution in [3.05, 3.63) is 39.5 Å². The first-order valence-electron chi connectivity index (χ1n) is 7.46. The summed E-state index contributed by atoms with van der Waals surface area (Å²) in [7, 11) is 0. The number of H-pyrrole nitrogens is 1. The number of nitrogens with zero attached hydrogens (tertiary/aromatic N) is 1. The van der Waals surface area contributed by atoms with Gasteiger partial charge in [-0.15, -0.1) is 0 Å². The zero-order valence-electron chi connectivity index (χ0n) is 12.5. The SMILES string of the molecule is [CH][C@H]1O[C@@H](n2cc(C#CCCCCC)c(=O)[nH]c2=O)CC1O. The first-order valence-corrected chi connectivity index (χ1v) is 7.46. The minimum Gasteiger partial charge on any atom is -0.390 e. The molecule has 118 valence electrons. The van der Waals surface area contributed by atoms with Crippen molar-refractivity contribution in [2.75, 3.05) is 0 Å². The highest BCUT2D eigenvalue weighted by Gasteiger charge is 2.32. The maximum atomic E-state index is 11.9. The molecule has 0 bridgehead atoms. The average molecular weight is 304 g/mol. The van der Waals surface area contributed by atoms with Gasteiger partial charge in [0.15, 0.2) is 0 Å². The summed E-state index contributed by atoms with van der Waals surface area (Å²) in [6.07, 6.45) is 3.06. The third-order valence-electron chi connectivity index (χ3n) is 3.54. The Kier molecular flexibility index (Phi) is 5.58. The zero-order valence-corrected chi connectivity index (χ0v) is 12.5. The summed E-state index contributed by atoms with van der Waals surface area (Å²) in [5, 5.41) is 9.60. The third kappa shape index (κ3) is 3.87. The Hall–Kier alpha value is -1.84. The van der Waals surface area contributed by atoms with Crippen LogP contribution in [0.2, 0.25) is 0 Å². The fraction of sp³-hybridized carbons (Fsp3) is 0.562. The van der Waals surface area contributed by atoms with Crippen LogP contribution in [0.4, 0.5) is 0 Å². The number of aromatic nitrogens is 2. The lowest BCUT2D eigenvalue weighted by atomic mass is 10.2. The standard InChI is InChI=1S/C16H20N2O4/c1-3-4-5-6-7-8-12-10-18(16(21)17-15(12)20)14-9-13(19)11(2)22-14/h2,10-11,13-14,19H,3-6,9H2,1H3,(H,17,20,21)/t11-,13?,14-/m1/s1. The second-order valence-corrected chi connectivity index (χ2v) is 5.33. The molecule has 0 spiro atoms. The van der Waals surface area contributed by atoms with Crippen molar-refractivity contribution < 1.29 is 9.84 Å². The van der Waals surface area contributed by atoms with Gasteiger partial charge in [0.25, 0.3) is 5.56 Å². The highest BCUT2D eigenvalue weighted by Crippen LogP contribution is 2.26. The van der Waals surface area contributed by atoms with Gasteiger partial charge in [0.1, 0.15) is 11.8 Å². The highest BCUT2D eigenvalue weighted by molar-refractivity contribution is 5.29. The maximum Gasteiger partial charge on any atom is 0.330 e. The number of aromatic amines is 1. The average Bonchev–Trinajstić information content (AvgIpc) is 2.80. The molecule has 0 amide bonds. The molecule has 6 heteroatoms. The van der Waals surface area contributed by atoms with Crippen molar-refractivity contribution in [3.8, 4) is 11.8 Å². The smallest absolute Gasteiger partial charge is 0.330 e. The Morgan fingerprint density at radius 3 is 2.91 bits per heavy atom. The van der Waals surface area contributed by atoms with Gasteiger partial charge in [0.2, 0.25) is 0 Å². The van der Waals surface area contributed by atoms with Crippen molar-refractivity contribution in [2.24, 2.45) is 0 Å². The van der Waals surface area contributed by atoms with Crippen LogP contribution in [-0.4, -0.2) is 26.9 Å². The molecule has 1 aliphatic rings. The topological polar surface area (TPSA) is 84.3 Å². The van der Waals surface area contributed by atoms with Crippen LogP contribution in [0, 0.1) is 18.8 Å². The summed E-state index contributed by atoms with van der Waals surface area (Å²) in [5.74, 6) is 5.71. The van der Waals surface area contributed by atoms with Crippen LogP contribution in [0.25, 0.3) is 0 Å². The zero-order chi connectivity index (χ0) is 16.1. The van der Waals surface area contributed by atoms with Crippen molar-refractivity contribution in [2.45, 2.75) is 57.5 Å². The maximum absolute atomic E-state index is 11.9. The van der Waals surface area contributed by atoms with Crippen LogP contribution in [0.5, 0.6) is 0 Å². The van der Waals surface area contributed by atoms with Gasteiger partial charge in [-0.25, -0.2) is 4.79 Å². The molecule has 1 saturated heterocycles. The molecule has 0 saturated carbocycles. The Morgan fingerprint density at radius 1 is 1.50 bits per heavy atom. The van der Waals surface area contributed by atoms with Crippen LogP contribution < -0.4 is 11.2 Å². The van der Waals surface area contributed by atoms with E-state index in [1.165, 1.54) is 10.8 Å². The van der Waals surface area contributed by atoms with Gasteiger partial charge < -0.3 is 9.84 Å². The van der Waals surface area contributed by atoms with E-state index in [2.05, 4.69) is 23.7 Å². The van der Waals surface area contributed by atoms with Gasteiger partial charge in [0, 0.05) is 19.0 Å². The van der Waals surface area contributed by atoms with Gasteiger partial charge in [0.05, 0.1) is 12.2 Å². The first-order chi connectivity index (χ1) is 10.5. The van der Waals surface area contributed by atoms with Crippen LogP contribution in [0.15, 0.2) is 15.8 Å². The molecule has 22 heavy (non-hydrogen) atoms. The minimum absolute atomic E-state index is 0.191. The summed E-state index contributed by atoms with van der Waals surface area (Å²) in [5.41, 5.74) is -0.922. The van der Waals surface area contributed by atoms with E-state index in [1.54, 1.807) is 0 Å². The summed E-state index contributed by atoms with van der Waals surface area (Å²) >= 11 is 0. The van der Waals surface area contributed by atoms with Gasteiger partial charge in [-0.3, -0.25) is 14.3 Å². The van der Waals surface area contributed by atoms with Crippen LogP contribution in [0.3, 0.4) is 0 Å². The molecule has 2 N–H and O–H groups in total. The normalized spacial score (nSPS) is 24.0. The van der Waals surface area contributed by atoms with E-state index in [0.717, 1.165) is 19.3 Å². The van der Waals surface area contributed by atoms with E-state index >= 15 is 0 Å². The summed E-state index contributed by atoms with van der Waals surface area (Å²) in [6, 6.07) is 0. The predicted octanol–water partition coefficient (Wildman–Crippen LogP) is 0.828. The second-order valence-electron chi connectivity index (χ2n) is 5.33. The number of hydrogen-bond acceptors (Lipinski definition) is 4. The van der Waals surface area contributed by atoms with Gasteiger partial charge in [-0.2, -0.15) is 0 Å². The molecule has 2 radical (unpaired) electrons. The van der Waals surface area contributed by atoms with E-state index in [-0.39, 0.29) is 12.0 Å². The Labute approximate surface area is 129 Å². The van der Waals surface area contributed by atoms with Crippen molar-refractivity contribution in [1.82, 2.24) is 9.55 Å². The molecule has 2 heterocycles. The number of hydrogen-bond donors (Lipinski definition) is 2. The molecule has 1 aliphatic heterocycles. The molecule has 1 unspecified atom stereocenters. The minimum atomic E-state index is -0.840. The molecule has 3 atom stereocenters. The number of rotatable bonds is 4. The molecule has 6 nitrogen and oxygen atoms in total.